The molecule has 2 heterocycles. The summed E-state index contributed by atoms with van der Waals surface area (Å²) in [6, 6.07) is 8.67. The number of benzene rings is 1. The molecule has 210 valence electrons. The largest absolute Gasteiger partial charge is 0.465 e. The van der Waals surface area contributed by atoms with Crippen LogP contribution in [-0.2, 0) is 11.5 Å². The van der Waals surface area contributed by atoms with Crippen LogP contribution in [0.3, 0.4) is 0 Å². The first kappa shape index (κ1) is 29.3. The van der Waals surface area contributed by atoms with E-state index in [4.69, 9.17) is 9.84 Å². The molecule has 39 heavy (non-hydrogen) atoms. The van der Waals surface area contributed by atoms with Crippen LogP contribution in [0.25, 0.3) is 11.0 Å². The van der Waals surface area contributed by atoms with E-state index in [-0.39, 0.29) is 23.8 Å². The number of carbonyl (C=O) groups excluding carboxylic acids is 1. The van der Waals surface area contributed by atoms with E-state index in [0.717, 1.165) is 33.6 Å². The lowest BCUT2D eigenvalue weighted by Gasteiger charge is -2.30. The standard InChI is InChI=1S/C27H35FIN5O4Si/c1-39(2,3)13-12-38-16-34-23(29)14-21-24(31-18-8-10-20(11-9-18)33-27(36)37)22(15-30-25(21)34)26(35)32-19-6-4-17(28)5-7-19/h4-7,14-15,18,20,33H,8-13,16H2,1-3H3,(H,30,31)(H,32,35)(H,36,37). The average molecular weight is 668 g/mol. The van der Waals surface area contributed by atoms with Gasteiger partial charge in [0.2, 0.25) is 0 Å². The molecule has 1 aliphatic carbocycles. The number of fused-ring (bicyclic) bond motifs is 1. The molecule has 0 radical (unpaired) electrons. The molecule has 1 saturated carbocycles. The van der Waals surface area contributed by atoms with Crippen molar-refractivity contribution in [3.63, 3.8) is 0 Å². The zero-order valence-corrected chi connectivity index (χ0v) is 25.5. The Balaban J connectivity index is 1.61. The van der Waals surface area contributed by atoms with Crippen LogP contribution in [0.2, 0.25) is 25.7 Å². The van der Waals surface area contributed by atoms with Crippen LogP contribution < -0.4 is 16.0 Å². The molecule has 1 aliphatic rings. The van der Waals surface area contributed by atoms with Gasteiger partial charge in [0.15, 0.2) is 0 Å². The number of hydrogen-bond acceptors (Lipinski definition) is 5. The molecule has 0 unspecified atom stereocenters. The van der Waals surface area contributed by atoms with Crippen LogP contribution >= 0.6 is 22.6 Å². The van der Waals surface area contributed by atoms with Gasteiger partial charge in [0.25, 0.3) is 5.91 Å². The third-order valence-electron chi connectivity index (χ3n) is 6.84. The molecular formula is C27H35FIN5O4Si. The molecule has 4 N–H and O–H groups in total. The summed E-state index contributed by atoms with van der Waals surface area (Å²) in [4.78, 5) is 29.1. The zero-order valence-electron chi connectivity index (χ0n) is 22.4. The number of hydrogen-bond donors (Lipinski definition) is 4. The summed E-state index contributed by atoms with van der Waals surface area (Å²) < 4.78 is 22.3. The third kappa shape index (κ3) is 7.91. The smallest absolute Gasteiger partial charge is 0.404 e. The maximum Gasteiger partial charge on any atom is 0.404 e. The molecule has 0 atom stereocenters. The molecule has 0 saturated heterocycles. The number of rotatable bonds is 10. The molecule has 1 fully saturated rings. The Hall–Kier alpha value is -2.71. The number of ether oxygens (including phenoxy) is 1. The highest BCUT2D eigenvalue weighted by Gasteiger charge is 2.26. The minimum atomic E-state index is -1.21. The summed E-state index contributed by atoms with van der Waals surface area (Å²) in [5, 5.41) is 18.9. The second-order valence-electron chi connectivity index (χ2n) is 11.1. The zero-order chi connectivity index (χ0) is 28.2. The summed E-state index contributed by atoms with van der Waals surface area (Å²) in [7, 11) is -1.21. The van der Waals surface area contributed by atoms with Crippen molar-refractivity contribution in [1.82, 2.24) is 14.9 Å². The van der Waals surface area contributed by atoms with Gasteiger partial charge in [-0.05, 0) is 84.7 Å². The van der Waals surface area contributed by atoms with Gasteiger partial charge in [-0.1, -0.05) is 19.6 Å². The van der Waals surface area contributed by atoms with Gasteiger partial charge in [0.05, 0.1) is 15.0 Å². The Morgan fingerprint density at radius 3 is 2.46 bits per heavy atom. The molecular weight excluding hydrogens is 632 g/mol. The molecule has 0 aliphatic heterocycles. The van der Waals surface area contributed by atoms with E-state index in [0.29, 0.717) is 43.1 Å². The lowest BCUT2D eigenvalue weighted by Crippen LogP contribution is -2.39. The number of nitrogens with zero attached hydrogens (tertiary/aromatic N) is 2. The summed E-state index contributed by atoms with van der Waals surface area (Å²) in [6.45, 7) is 7.99. The minimum absolute atomic E-state index is 0.0637. The van der Waals surface area contributed by atoms with Gasteiger partial charge in [-0.25, -0.2) is 14.2 Å². The van der Waals surface area contributed by atoms with Crippen LogP contribution in [0.1, 0.15) is 36.0 Å². The van der Waals surface area contributed by atoms with E-state index in [1.165, 1.54) is 24.3 Å². The van der Waals surface area contributed by atoms with E-state index in [1.807, 2.05) is 10.6 Å². The van der Waals surface area contributed by atoms with Crippen molar-refractivity contribution in [2.75, 3.05) is 17.2 Å². The SMILES string of the molecule is C[Si](C)(C)CCOCn1c(I)cc2c(NC3CCC(NC(=O)O)CC3)c(C(=O)Nc3ccc(F)cc3)cnc21. The Morgan fingerprint density at radius 2 is 1.82 bits per heavy atom. The summed E-state index contributed by atoms with van der Waals surface area (Å²) in [5.74, 6) is -0.733. The number of halogens is 2. The van der Waals surface area contributed by atoms with Crippen molar-refractivity contribution in [3.05, 3.63) is 51.6 Å². The number of anilines is 2. The number of carbonyl (C=O) groups is 2. The van der Waals surface area contributed by atoms with Gasteiger partial charge in [0.1, 0.15) is 18.2 Å². The van der Waals surface area contributed by atoms with Crippen LogP contribution in [0.4, 0.5) is 20.6 Å². The fraction of sp³-hybridized carbons (Fsp3) is 0.444. The van der Waals surface area contributed by atoms with Gasteiger partial charge in [0, 0.05) is 44.0 Å². The predicted molar refractivity (Wildman–Crippen MR) is 162 cm³/mol. The first-order chi connectivity index (χ1) is 18.5. The van der Waals surface area contributed by atoms with Gasteiger partial charge in [-0.2, -0.15) is 0 Å². The fourth-order valence-corrected chi connectivity index (χ4v) is 6.08. The normalized spacial score (nSPS) is 17.7. The molecule has 4 rings (SSSR count). The highest BCUT2D eigenvalue weighted by molar-refractivity contribution is 14.1. The number of amides is 2. The monoisotopic (exact) mass is 667 g/mol. The van der Waals surface area contributed by atoms with Gasteiger partial charge in [-0.3, -0.25) is 9.36 Å². The van der Waals surface area contributed by atoms with Crippen molar-refractivity contribution in [1.29, 1.82) is 0 Å². The molecule has 1 aromatic carbocycles. The molecule has 9 nitrogen and oxygen atoms in total. The molecule has 2 aromatic heterocycles. The maximum absolute atomic E-state index is 13.4. The Labute approximate surface area is 242 Å². The third-order valence-corrected chi connectivity index (χ3v) is 9.44. The van der Waals surface area contributed by atoms with E-state index in [1.54, 1.807) is 6.20 Å². The van der Waals surface area contributed by atoms with Crippen LogP contribution in [0.15, 0.2) is 36.5 Å². The number of aromatic nitrogens is 2. The highest BCUT2D eigenvalue weighted by atomic mass is 127. The maximum atomic E-state index is 13.4. The van der Waals surface area contributed by atoms with E-state index >= 15 is 0 Å². The second kappa shape index (κ2) is 12.6. The highest BCUT2D eigenvalue weighted by Crippen LogP contribution is 2.33. The second-order valence-corrected chi connectivity index (χ2v) is 17.9. The quantitative estimate of drug-likeness (QED) is 0.114. The van der Waals surface area contributed by atoms with Crippen molar-refractivity contribution in [3.8, 4) is 0 Å². The fourth-order valence-electron chi connectivity index (χ4n) is 4.64. The summed E-state index contributed by atoms with van der Waals surface area (Å²) >= 11 is 2.26. The molecule has 12 heteroatoms. The molecule has 2 amide bonds. The Bertz CT molecular complexity index is 1320. The number of carboxylic acid groups (broad SMARTS) is 1. The Morgan fingerprint density at radius 1 is 1.15 bits per heavy atom. The predicted octanol–water partition coefficient (Wildman–Crippen LogP) is 6.34. The van der Waals surface area contributed by atoms with Gasteiger partial charge >= 0.3 is 6.09 Å². The van der Waals surface area contributed by atoms with Gasteiger partial charge in [-0.15, -0.1) is 0 Å². The first-order valence-electron chi connectivity index (χ1n) is 13.1. The van der Waals surface area contributed by atoms with Crippen LogP contribution in [0, 0.1) is 9.52 Å². The van der Waals surface area contributed by atoms with Gasteiger partial charge < -0.3 is 25.8 Å². The lowest BCUT2D eigenvalue weighted by atomic mass is 9.91. The van der Waals surface area contributed by atoms with Crippen LogP contribution in [-0.4, -0.2) is 53.4 Å². The first-order valence-corrected chi connectivity index (χ1v) is 17.9. The molecule has 3 aromatic rings. The van der Waals surface area contributed by atoms with Crippen molar-refractivity contribution < 1.29 is 23.8 Å². The molecule has 0 bridgehead atoms. The average Bonchev–Trinajstić information content (AvgIpc) is 3.19. The minimum Gasteiger partial charge on any atom is -0.465 e. The van der Waals surface area contributed by atoms with E-state index in [9.17, 15) is 14.0 Å². The topological polar surface area (TPSA) is 118 Å². The van der Waals surface area contributed by atoms with Crippen molar-refractivity contribution in [2.24, 2.45) is 0 Å². The number of nitrogens with one attached hydrogen (secondary N) is 3. The summed E-state index contributed by atoms with van der Waals surface area (Å²) in [5.41, 5.74) is 2.25. The lowest BCUT2D eigenvalue weighted by molar-refractivity contribution is 0.0883. The summed E-state index contributed by atoms with van der Waals surface area (Å²) in [6.07, 6.45) is 3.48. The van der Waals surface area contributed by atoms with Crippen LogP contribution in [0.5, 0.6) is 0 Å². The van der Waals surface area contributed by atoms with Crippen molar-refractivity contribution in [2.45, 2.75) is 70.2 Å². The molecule has 0 spiro atoms. The van der Waals surface area contributed by atoms with E-state index in [2.05, 4.69) is 63.2 Å². The Kier molecular flexibility index (Phi) is 9.49. The van der Waals surface area contributed by atoms with E-state index < -0.39 is 14.2 Å². The number of pyridine rings is 1. The van der Waals surface area contributed by atoms with Crippen molar-refractivity contribution >= 4 is 65.1 Å².